The number of likely N-dealkylation sites (tertiary alicyclic amines) is 1. The number of carbonyl (C=O) groups is 1. The highest BCUT2D eigenvalue weighted by atomic mass is 16.2. The summed E-state index contributed by atoms with van der Waals surface area (Å²) >= 11 is 0. The number of amides is 1. The molecule has 1 aliphatic heterocycles. The lowest BCUT2D eigenvalue weighted by Crippen LogP contribution is -2.29. The fourth-order valence-electron chi connectivity index (χ4n) is 2.91. The second-order valence-electron chi connectivity index (χ2n) is 6.23. The first-order valence-electron chi connectivity index (χ1n) is 8.06. The summed E-state index contributed by atoms with van der Waals surface area (Å²) in [7, 11) is 3.67. The normalized spacial score (nSPS) is 17.2. The molecule has 24 heavy (non-hydrogen) atoms. The Hall–Kier alpha value is -2.64. The van der Waals surface area contributed by atoms with Gasteiger partial charge in [0.1, 0.15) is 0 Å². The summed E-state index contributed by atoms with van der Waals surface area (Å²) in [6.45, 7) is 1.90. The summed E-state index contributed by atoms with van der Waals surface area (Å²) in [6, 6.07) is 3.38. The smallest absolute Gasteiger partial charge is 0.252 e. The Morgan fingerprint density at radius 3 is 3.00 bits per heavy atom. The predicted octanol–water partition coefficient (Wildman–Crippen LogP) is 0.439. The van der Waals surface area contributed by atoms with E-state index < -0.39 is 0 Å². The van der Waals surface area contributed by atoms with Crippen LogP contribution in [0.3, 0.4) is 0 Å². The molecular formula is C16H22N6O2. The molecule has 128 valence electrons. The molecule has 1 N–H and O–H groups in total. The number of aryl methyl sites for hydroxylation is 1. The third-order valence-corrected chi connectivity index (χ3v) is 4.25. The van der Waals surface area contributed by atoms with Crippen LogP contribution >= 0.6 is 0 Å². The van der Waals surface area contributed by atoms with Crippen molar-refractivity contribution in [3.8, 4) is 0 Å². The van der Waals surface area contributed by atoms with Crippen LogP contribution in [0.15, 0.2) is 29.3 Å². The average molecular weight is 330 g/mol. The molecule has 2 aromatic heterocycles. The molecule has 1 saturated heterocycles. The molecule has 0 aliphatic carbocycles. The van der Waals surface area contributed by atoms with Gasteiger partial charge >= 0.3 is 0 Å². The van der Waals surface area contributed by atoms with Gasteiger partial charge in [0, 0.05) is 64.5 Å². The Balaban J connectivity index is 1.62. The zero-order valence-corrected chi connectivity index (χ0v) is 14.0. The van der Waals surface area contributed by atoms with Crippen molar-refractivity contribution in [3.63, 3.8) is 0 Å². The highest BCUT2D eigenvalue weighted by Crippen LogP contribution is 2.26. The fourth-order valence-corrected chi connectivity index (χ4v) is 2.91. The summed E-state index contributed by atoms with van der Waals surface area (Å²) in [6.07, 6.45) is 4.82. The molecule has 0 spiro atoms. The number of nitrogens with zero attached hydrogens (tertiary/aromatic N) is 5. The molecule has 0 aromatic carbocycles. The molecular weight excluding hydrogens is 308 g/mol. The topological polar surface area (TPSA) is 87.1 Å². The maximum Gasteiger partial charge on any atom is 0.252 e. The highest BCUT2D eigenvalue weighted by Gasteiger charge is 2.28. The Morgan fingerprint density at radius 1 is 1.46 bits per heavy atom. The van der Waals surface area contributed by atoms with Crippen LogP contribution in [-0.4, -0.2) is 57.7 Å². The van der Waals surface area contributed by atoms with Gasteiger partial charge in [-0.25, -0.2) is 4.98 Å². The van der Waals surface area contributed by atoms with Crippen LogP contribution in [0, 0.1) is 0 Å². The summed E-state index contributed by atoms with van der Waals surface area (Å²) < 4.78 is 1.76. The molecule has 1 atom stereocenters. The van der Waals surface area contributed by atoms with Crippen LogP contribution in [0.2, 0.25) is 0 Å². The van der Waals surface area contributed by atoms with E-state index in [4.69, 9.17) is 0 Å². The molecule has 8 heteroatoms. The minimum Gasteiger partial charge on any atom is -0.348 e. The fraction of sp³-hybridized carbons (Fsp3) is 0.500. The Labute approximate surface area is 140 Å². The van der Waals surface area contributed by atoms with Crippen molar-refractivity contribution in [2.24, 2.45) is 0 Å². The SMILES string of the molecule is CN(C)c1nc(C2CCN(C(=O)CCn3cccn3)C2)cc(=O)[nH]1. The van der Waals surface area contributed by atoms with Gasteiger partial charge in [0.25, 0.3) is 5.56 Å². The number of H-pyrrole nitrogens is 1. The van der Waals surface area contributed by atoms with E-state index in [1.807, 2.05) is 31.3 Å². The third-order valence-electron chi connectivity index (χ3n) is 4.25. The molecule has 0 radical (unpaired) electrons. The van der Waals surface area contributed by atoms with Gasteiger partial charge in [0.15, 0.2) is 0 Å². The minimum absolute atomic E-state index is 0.111. The van der Waals surface area contributed by atoms with Gasteiger partial charge in [0.2, 0.25) is 11.9 Å². The highest BCUT2D eigenvalue weighted by molar-refractivity contribution is 5.76. The number of carbonyl (C=O) groups excluding carboxylic acids is 1. The van der Waals surface area contributed by atoms with Gasteiger partial charge < -0.3 is 9.80 Å². The standard InChI is InChI=1S/C16H22N6O2/c1-20(2)16-18-13(10-14(23)19-16)12-4-8-21(11-12)15(24)5-9-22-7-3-6-17-22/h3,6-7,10,12H,4-5,8-9,11H2,1-2H3,(H,18,19,23). The first-order chi connectivity index (χ1) is 11.5. The summed E-state index contributed by atoms with van der Waals surface area (Å²) in [4.78, 5) is 35.0. The molecule has 0 bridgehead atoms. The summed E-state index contributed by atoms with van der Waals surface area (Å²) in [5, 5.41) is 4.11. The zero-order valence-electron chi connectivity index (χ0n) is 14.0. The van der Waals surface area contributed by atoms with Gasteiger partial charge in [-0.3, -0.25) is 19.3 Å². The molecule has 0 saturated carbocycles. The predicted molar refractivity (Wildman–Crippen MR) is 90.0 cm³/mol. The van der Waals surface area contributed by atoms with Gasteiger partial charge in [0.05, 0.1) is 5.69 Å². The van der Waals surface area contributed by atoms with Gasteiger partial charge in [-0.05, 0) is 12.5 Å². The van der Waals surface area contributed by atoms with E-state index in [1.54, 1.807) is 15.8 Å². The van der Waals surface area contributed by atoms with Crippen molar-refractivity contribution >= 4 is 11.9 Å². The van der Waals surface area contributed by atoms with Crippen LogP contribution in [-0.2, 0) is 11.3 Å². The van der Waals surface area contributed by atoms with Gasteiger partial charge in [-0.15, -0.1) is 0 Å². The van der Waals surface area contributed by atoms with E-state index in [1.165, 1.54) is 6.07 Å². The molecule has 1 unspecified atom stereocenters. The van der Waals surface area contributed by atoms with E-state index in [-0.39, 0.29) is 17.4 Å². The molecule has 1 aliphatic rings. The Morgan fingerprint density at radius 2 is 2.29 bits per heavy atom. The van der Waals surface area contributed by atoms with E-state index in [9.17, 15) is 9.59 Å². The lowest BCUT2D eigenvalue weighted by Gasteiger charge is -2.17. The quantitative estimate of drug-likeness (QED) is 0.859. The van der Waals surface area contributed by atoms with Gasteiger partial charge in [-0.2, -0.15) is 5.10 Å². The molecule has 1 fully saturated rings. The van der Waals surface area contributed by atoms with Crippen LogP contribution in [0.4, 0.5) is 5.95 Å². The third kappa shape index (κ3) is 3.64. The number of anilines is 1. The number of nitrogens with one attached hydrogen (secondary N) is 1. The van der Waals surface area contributed by atoms with Crippen LogP contribution in [0.25, 0.3) is 0 Å². The number of rotatable bonds is 5. The zero-order chi connectivity index (χ0) is 17.1. The molecule has 8 nitrogen and oxygen atoms in total. The Bertz CT molecular complexity index is 752. The number of hydrogen-bond acceptors (Lipinski definition) is 5. The van der Waals surface area contributed by atoms with Crippen molar-refractivity contribution in [3.05, 3.63) is 40.6 Å². The number of hydrogen-bond donors (Lipinski definition) is 1. The maximum atomic E-state index is 12.3. The lowest BCUT2D eigenvalue weighted by molar-refractivity contribution is -0.130. The van der Waals surface area contributed by atoms with E-state index in [0.717, 1.165) is 12.1 Å². The summed E-state index contributed by atoms with van der Waals surface area (Å²) in [5.74, 6) is 0.770. The van der Waals surface area contributed by atoms with Crippen LogP contribution in [0.5, 0.6) is 0 Å². The lowest BCUT2D eigenvalue weighted by atomic mass is 10.1. The largest absolute Gasteiger partial charge is 0.348 e. The van der Waals surface area contributed by atoms with Gasteiger partial charge in [-0.1, -0.05) is 0 Å². The minimum atomic E-state index is -0.160. The van der Waals surface area contributed by atoms with E-state index >= 15 is 0 Å². The molecule has 2 aromatic rings. The van der Waals surface area contributed by atoms with Crippen molar-refractivity contribution < 1.29 is 4.79 Å². The Kier molecular flexibility index (Phi) is 4.64. The van der Waals surface area contributed by atoms with Crippen molar-refractivity contribution in [1.29, 1.82) is 0 Å². The number of aromatic nitrogens is 4. The van der Waals surface area contributed by atoms with Crippen molar-refractivity contribution in [2.45, 2.75) is 25.3 Å². The van der Waals surface area contributed by atoms with Crippen LogP contribution in [0.1, 0.15) is 24.5 Å². The number of aromatic amines is 1. The first kappa shape index (κ1) is 16.2. The van der Waals surface area contributed by atoms with Crippen molar-refractivity contribution in [2.75, 3.05) is 32.1 Å². The first-order valence-corrected chi connectivity index (χ1v) is 8.06. The second kappa shape index (κ2) is 6.86. The maximum absolute atomic E-state index is 12.3. The van der Waals surface area contributed by atoms with Crippen molar-refractivity contribution in [1.82, 2.24) is 24.6 Å². The average Bonchev–Trinajstić information content (AvgIpc) is 3.23. The van der Waals surface area contributed by atoms with Crippen LogP contribution < -0.4 is 10.5 Å². The molecule has 3 rings (SSSR count). The monoisotopic (exact) mass is 330 g/mol. The van der Waals surface area contributed by atoms with E-state index in [0.29, 0.717) is 32.0 Å². The molecule has 1 amide bonds. The second-order valence-corrected chi connectivity index (χ2v) is 6.23. The molecule has 3 heterocycles. The van der Waals surface area contributed by atoms with E-state index in [2.05, 4.69) is 15.1 Å². The summed E-state index contributed by atoms with van der Waals surface area (Å²) in [5.41, 5.74) is 0.594.